The van der Waals surface area contributed by atoms with Crippen LogP contribution in [0.5, 0.6) is 0 Å². The second-order valence-electron chi connectivity index (χ2n) is 5.78. The third-order valence-corrected chi connectivity index (χ3v) is 4.23. The van der Waals surface area contributed by atoms with Crippen molar-refractivity contribution in [3.05, 3.63) is 0 Å². The Hall–Kier alpha value is -0.0400. The Kier molecular flexibility index (Phi) is 7.11. The molecule has 1 N–H and O–H groups in total. The molecule has 1 rings (SSSR count). The summed E-state index contributed by atoms with van der Waals surface area (Å²) in [6.45, 7) is 8.28. The van der Waals surface area contributed by atoms with Gasteiger partial charge in [-0.1, -0.05) is 46.5 Å². The van der Waals surface area contributed by atoms with Gasteiger partial charge in [-0.2, -0.15) is 0 Å². The molecule has 0 amide bonds. The van der Waals surface area contributed by atoms with Crippen LogP contribution in [0.25, 0.3) is 0 Å². The van der Waals surface area contributed by atoms with Gasteiger partial charge >= 0.3 is 0 Å². The van der Waals surface area contributed by atoms with Crippen molar-refractivity contribution in [2.45, 2.75) is 78.2 Å². The van der Waals surface area contributed by atoms with E-state index in [1.165, 1.54) is 57.9 Å². The van der Waals surface area contributed by atoms with Gasteiger partial charge < -0.3 is 5.32 Å². The second kappa shape index (κ2) is 8.11. The summed E-state index contributed by atoms with van der Waals surface area (Å²) < 4.78 is 0. The van der Waals surface area contributed by atoms with Gasteiger partial charge in [0.1, 0.15) is 0 Å². The highest BCUT2D eigenvalue weighted by Crippen LogP contribution is 2.27. The molecule has 0 bridgehead atoms. The van der Waals surface area contributed by atoms with E-state index in [0.717, 1.165) is 17.9 Å². The lowest BCUT2D eigenvalue weighted by Crippen LogP contribution is -2.34. The first-order valence-corrected chi connectivity index (χ1v) is 7.49. The summed E-state index contributed by atoms with van der Waals surface area (Å²) in [5, 5.41) is 3.79. The van der Waals surface area contributed by atoms with Crippen molar-refractivity contribution in [2.24, 2.45) is 11.8 Å². The van der Waals surface area contributed by atoms with Gasteiger partial charge in [0.2, 0.25) is 0 Å². The maximum Gasteiger partial charge on any atom is 0.00645 e. The van der Waals surface area contributed by atoms with Crippen molar-refractivity contribution in [2.75, 3.05) is 6.54 Å². The maximum atomic E-state index is 3.79. The Morgan fingerprint density at radius 1 is 1.12 bits per heavy atom. The van der Waals surface area contributed by atoms with Crippen LogP contribution in [0.2, 0.25) is 0 Å². The number of unbranched alkanes of at least 4 members (excludes halogenated alkanes) is 1. The predicted octanol–water partition coefficient (Wildman–Crippen LogP) is 4.37. The molecule has 0 radical (unpaired) electrons. The average molecular weight is 225 g/mol. The first-order chi connectivity index (χ1) is 7.76. The van der Waals surface area contributed by atoms with Crippen molar-refractivity contribution in [1.29, 1.82) is 0 Å². The van der Waals surface area contributed by atoms with Crippen molar-refractivity contribution in [3.63, 3.8) is 0 Å². The minimum absolute atomic E-state index is 0.777. The zero-order chi connectivity index (χ0) is 11.8. The molecule has 1 aliphatic carbocycles. The number of hydrogen-bond donors (Lipinski definition) is 1. The Labute approximate surface area is 102 Å². The van der Waals surface area contributed by atoms with E-state index in [2.05, 4.69) is 26.1 Å². The lowest BCUT2D eigenvalue weighted by molar-refractivity contribution is 0.270. The molecule has 0 aromatic rings. The number of nitrogens with one attached hydrogen (secondary N) is 1. The van der Waals surface area contributed by atoms with Crippen LogP contribution in [0.4, 0.5) is 0 Å². The molecule has 0 aromatic carbocycles. The summed E-state index contributed by atoms with van der Waals surface area (Å²) in [4.78, 5) is 0. The summed E-state index contributed by atoms with van der Waals surface area (Å²) in [5.74, 6) is 1.95. The third-order valence-electron chi connectivity index (χ3n) is 4.23. The zero-order valence-electron chi connectivity index (χ0n) is 11.6. The molecule has 1 aliphatic rings. The largest absolute Gasteiger partial charge is 0.314 e. The predicted molar refractivity (Wildman–Crippen MR) is 72.7 cm³/mol. The quantitative estimate of drug-likeness (QED) is 0.678. The molecule has 16 heavy (non-hydrogen) atoms. The van der Waals surface area contributed by atoms with Gasteiger partial charge in [-0.05, 0) is 44.1 Å². The number of rotatable bonds is 7. The van der Waals surface area contributed by atoms with Crippen LogP contribution < -0.4 is 5.32 Å². The highest BCUT2D eigenvalue weighted by Gasteiger charge is 2.18. The van der Waals surface area contributed by atoms with E-state index in [4.69, 9.17) is 0 Å². The fourth-order valence-electron chi connectivity index (χ4n) is 2.77. The van der Waals surface area contributed by atoms with Gasteiger partial charge in [-0.15, -0.1) is 0 Å². The van der Waals surface area contributed by atoms with E-state index in [-0.39, 0.29) is 0 Å². The lowest BCUT2D eigenvalue weighted by atomic mass is 9.83. The minimum Gasteiger partial charge on any atom is -0.314 e. The molecule has 1 fully saturated rings. The topological polar surface area (TPSA) is 12.0 Å². The van der Waals surface area contributed by atoms with Crippen molar-refractivity contribution in [3.8, 4) is 0 Å². The molecule has 0 spiro atoms. The third kappa shape index (κ3) is 5.34. The van der Waals surface area contributed by atoms with E-state index >= 15 is 0 Å². The smallest absolute Gasteiger partial charge is 0.00645 e. The molecule has 0 saturated heterocycles. The van der Waals surface area contributed by atoms with Crippen LogP contribution in [0, 0.1) is 11.8 Å². The summed E-state index contributed by atoms with van der Waals surface area (Å²) in [7, 11) is 0. The summed E-state index contributed by atoms with van der Waals surface area (Å²) in [6, 6.07) is 0.777. The van der Waals surface area contributed by atoms with Crippen LogP contribution in [0.1, 0.15) is 72.1 Å². The fraction of sp³-hybridized carbons (Fsp3) is 1.00. The normalized spacial score (nSPS) is 27.9. The number of hydrogen-bond acceptors (Lipinski definition) is 1. The summed E-state index contributed by atoms with van der Waals surface area (Å²) in [6.07, 6.45) is 11.2. The van der Waals surface area contributed by atoms with Crippen molar-refractivity contribution >= 4 is 0 Å². The zero-order valence-corrected chi connectivity index (χ0v) is 11.6. The SMILES string of the molecule is CCCCC(CC)NCC1CCC(C)CC1. The Morgan fingerprint density at radius 3 is 2.38 bits per heavy atom. The molecule has 1 heteroatoms. The van der Waals surface area contributed by atoms with Gasteiger partial charge in [0.05, 0.1) is 0 Å². The molecule has 0 aliphatic heterocycles. The Bertz CT molecular complexity index is 154. The standard InChI is InChI=1S/C15H31N/c1-4-6-7-15(5-2)16-12-14-10-8-13(3)9-11-14/h13-16H,4-12H2,1-3H3. The van der Waals surface area contributed by atoms with E-state index < -0.39 is 0 Å². The first kappa shape index (κ1) is 14.0. The van der Waals surface area contributed by atoms with E-state index in [1.807, 2.05) is 0 Å². The molecule has 0 aromatic heterocycles. The van der Waals surface area contributed by atoms with Crippen LogP contribution >= 0.6 is 0 Å². The van der Waals surface area contributed by atoms with Gasteiger partial charge in [0.15, 0.2) is 0 Å². The van der Waals surface area contributed by atoms with Gasteiger partial charge in [-0.3, -0.25) is 0 Å². The first-order valence-electron chi connectivity index (χ1n) is 7.49. The molecular weight excluding hydrogens is 194 g/mol. The van der Waals surface area contributed by atoms with Gasteiger partial charge in [-0.25, -0.2) is 0 Å². The van der Waals surface area contributed by atoms with Crippen LogP contribution in [0.3, 0.4) is 0 Å². The fourth-order valence-corrected chi connectivity index (χ4v) is 2.77. The van der Waals surface area contributed by atoms with E-state index in [1.54, 1.807) is 0 Å². The second-order valence-corrected chi connectivity index (χ2v) is 5.78. The van der Waals surface area contributed by atoms with Gasteiger partial charge in [0, 0.05) is 6.04 Å². The lowest BCUT2D eigenvalue weighted by Gasteiger charge is -2.28. The van der Waals surface area contributed by atoms with Crippen LogP contribution in [-0.2, 0) is 0 Å². The molecule has 1 unspecified atom stereocenters. The van der Waals surface area contributed by atoms with Crippen molar-refractivity contribution in [1.82, 2.24) is 5.32 Å². The van der Waals surface area contributed by atoms with Crippen molar-refractivity contribution < 1.29 is 0 Å². The Balaban J connectivity index is 2.11. The van der Waals surface area contributed by atoms with E-state index in [9.17, 15) is 0 Å². The maximum absolute atomic E-state index is 3.79. The van der Waals surface area contributed by atoms with Crippen LogP contribution in [0.15, 0.2) is 0 Å². The Morgan fingerprint density at radius 2 is 1.81 bits per heavy atom. The molecular formula is C15H31N. The minimum atomic E-state index is 0.777. The average Bonchev–Trinajstić information content (AvgIpc) is 2.32. The molecule has 1 saturated carbocycles. The molecule has 96 valence electrons. The van der Waals surface area contributed by atoms with E-state index in [0.29, 0.717) is 0 Å². The molecule has 1 nitrogen and oxygen atoms in total. The summed E-state index contributed by atoms with van der Waals surface area (Å²) >= 11 is 0. The molecule has 0 heterocycles. The van der Waals surface area contributed by atoms with Gasteiger partial charge in [0.25, 0.3) is 0 Å². The van der Waals surface area contributed by atoms with Crippen LogP contribution in [-0.4, -0.2) is 12.6 Å². The highest BCUT2D eigenvalue weighted by molar-refractivity contribution is 4.74. The molecule has 1 atom stereocenters. The highest BCUT2D eigenvalue weighted by atomic mass is 14.9. The monoisotopic (exact) mass is 225 g/mol. The summed E-state index contributed by atoms with van der Waals surface area (Å²) in [5.41, 5.74) is 0.